The number of carbonyl (C=O) groups excluding carboxylic acids is 3. The van der Waals surface area contributed by atoms with Gasteiger partial charge in [-0.2, -0.15) is 5.26 Å². The second kappa shape index (κ2) is 8.45. The van der Waals surface area contributed by atoms with Gasteiger partial charge in [0.2, 0.25) is 0 Å². The van der Waals surface area contributed by atoms with Gasteiger partial charge in [0.05, 0.1) is 44.3 Å². The van der Waals surface area contributed by atoms with Crippen LogP contribution in [0.15, 0.2) is 24.3 Å². The van der Waals surface area contributed by atoms with Crippen LogP contribution in [0.3, 0.4) is 0 Å². The molecular formula is C18H20N2O6. The van der Waals surface area contributed by atoms with Gasteiger partial charge in [0.1, 0.15) is 6.04 Å². The van der Waals surface area contributed by atoms with Crippen LogP contribution in [0.4, 0.5) is 0 Å². The number of ether oxygens (including phenoxy) is 3. The number of hydrogen-bond acceptors (Lipinski definition) is 8. The summed E-state index contributed by atoms with van der Waals surface area (Å²) in [5.74, 6) is -4.06. The first-order chi connectivity index (χ1) is 12.5. The Hall–Kier alpha value is -2.92. The number of nitrogens with one attached hydrogen (secondary N) is 1. The molecule has 1 aromatic carbocycles. The lowest BCUT2D eigenvalue weighted by molar-refractivity contribution is -0.160. The Kier molecular flexibility index (Phi) is 6.31. The third-order valence-electron chi connectivity index (χ3n) is 4.35. The van der Waals surface area contributed by atoms with E-state index in [1.807, 2.05) is 6.07 Å². The largest absolute Gasteiger partial charge is 0.469 e. The highest BCUT2D eigenvalue weighted by Gasteiger charge is 2.55. The van der Waals surface area contributed by atoms with E-state index >= 15 is 0 Å². The van der Waals surface area contributed by atoms with Crippen molar-refractivity contribution in [3.8, 4) is 6.07 Å². The zero-order valence-electron chi connectivity index (χ0n) is 14.7. The van der Waals surface area contributed by atoms with E-state index in [0.717, 1.165) is 0 Å². The summed E-state index contributed by atoms with van der Waals surface area (Å²) < 4.78 is 14.7. The summed E-state index contributed by atoms with van der Waals surface area (Å²) in [7, 11) is 2.40. The summed E-state index contributed by atoms with van der Waals surface area (Å²) in [5, 5.41) is 11.9. The molecule has 0 spiro atoms. The standard InChI is InChI=1S/C18H20N2O6/c1-4-26-18(23)15-13(17(22)25-3)12(16(21)24-2)14(20-15)11-7-5-10(9-19)6-8-11/h5-8,12-15,20H,4H2,1-3H3/t12-,13-,14-,15-/m1/s1. The van der Waals surface area contributed by atoms with Crippen molar-refractivity contribution >= 4 is 17.9 Å². The minimum absolute atomic E-state index is 0.134. The van der Waals surface area contributed by atoms with Gasteiger partial charge < -0.3 is 14.2 Å². The van der Waals surface area contributed by atoms with Crippen molar-refractivity contribution in [2.24, 2.45) is 11.8 Å². The van der Waals surface area contributed by atoms with E-state index in [1.165, 1.54) is 14.2 Å². The van der Waals surface area contributed by atoms with E-state index < -0.39 is 41.8 Å². The number of methoxy groups -OCH3 is 2. The zero-order valence-corrected chi connectivity index (χ0v) is 14.7. The smallest absolute Gasteiger partial charge is 0.324 e. The van der Waals surface area contributed by atoms with Crippen LogP contribution >= 0.6 is 0 Å². The molecule has 1 aliphatic rings. The summed E-state index contributed by atoms with van der Waals surface area (Å²) in [5.41, 5.74) is 1.09. The number of esters is 3. The lowest BCUT2D eigenvalue weighted by Crippen LogP contribution is -2.42. The van der Waals surface area contributed by atoms with Gasteiger partial charge in [-0.15, -0.1) is 0 Å². The van der Waals surface area contributed by atoms with Crippen LogP contribution in [-0.4, -0.2) is 44.8 Å². The molecule has 8 nitrogen and oxygen atoms in total. The summed E-state index contributed by atoms with van der Waals surface area (Å²) >= 11 is 0. The summed E-state index contributed by atoms with van der Waals surface area (Å²) in [6.45, 7) is 1.78. The maximum absolute atomic E-state index is 12.4. The van der Waals surface area contributed by atoms with Gasteiger partial charge >= 0.3 is 17.9 Å². The van der Waals surface area contributed by atoms with E-state index in [0.29, 0.717) is 11.1 Å². The molecule has 1 N–H and O–H groups in total. The Morgan fingerprint density at radius 2 is 1.62 bits per heavy atom. The summed E-state index contributed by atoms with van der Waals surface area (Å²) in [6, 6.07) is 6.80. The van der Waals surface area contributed by atoms with E-state index in [2.05, 4.69) is 5.32 Å². The van der Waals surface area contributed by atoms with Crippen LogP contribution in [-0.2, 0) is 28.6 Å². The van der Waals surface area contributed by atoms with E-state index in [9.17, 15) is 14.4 Å². The molecule has 1 aromatic rings. The molecular weight excluding hydrogens is 340 g/mol. The fourth-order valence-electron chi connectivity index (χ4n) is 3.17. The van der Waals surface area contributed by atoms with Gasteiger partial charge in [0, 0.05) is 6.04 Å². The minimum Gasteiger partial charge on any atom is -0.469 e. The number of nitriles is 1. The summed E-state index contributed by atoms with van der Waals surface area (Å²) in [4.78, 5) is 37.0. The van der Waals surface area contributed by atoms with E-state index in [-0.39, 0.29) is 6.61 Å². The van der Waals surface area contributed by atoms with Crippen molar-refractivity contribution in [2.45, 2.75) is 19.0 Å². The lowest BCUT2D eigenvalue weighted by atomic mass is 9.84. The summed E-state index contributed by atoms with van der Waals surface area (Å²) in [6.07, 6.45) is 0. The van der Waals surface area contributed by atoms with Gasteiger partial charge in [0.15, 0.2) is 0 Å². The van der Waals surface area contributed by atoms with Crippen molar-refractivity contribution in [1.82, 2.24) is 5.32 Å². The highest BCUT2D eigenvalue weighted by molar-refractivity contribution is 5.91. The van der Waals surface area contributed by atoms with Crippen LogP contribution in [0.5, 0.6) is 0 Å². The van der Waals surface area contributed by atoms with E-state index in [1.54, 1.807) is 31.2 Å². The molecule has 0 radical (unpaired) electrons. The molecule has 26 heavy (non-hydrogen) atoms. The van der Waals surface area contributed by atoms with Gasteiger partial charge in [-0.05, 0) is 24.6 Å². The Morgan fingerprint density at radius 3 is 2.12 bits per heavy atom. The second-order valence-electron chi connectivity index (χ2n) is 5.71. The van der Waals surface area contributed by atoms with Crippen molar-refractivity contribution in [2.75, 3.05) is 20.8 Å². The highest BCUT2D eigenvalue weighted by atomic mass is 16.5. The maximum Gasteiger partial charge on any atom is 0.324 e. The van der Waals surface area contributed by atoms with Crippen LogP contribution in [0.25, 0.3) is 0 Å². The van der Waals surface area contributed by atoms with Crippen molar-refractivity contribution < 1.29 is 28.6 Å². The maximum atomic E-state index is 12.4. The van der Waals surface area contributed by atoms with Gasteiger partial charge in [0.25, 0.3) is 0 Å². The Labute approximate surface area is 151 Å². The molecule has 0 saturated carbocycles. The van der Waals surface area contributed by atoms with Crippen LogP contribution in [0.1, 0.15) is 24.1 Å². The molecule has 138 valence electrons. The first-order valence-electron chi connectivity index (χ1n) is 8.06. The third kappa shape index (κ3) is 3.68. The molecule has 8 heteroatoms. The molecule has 1 heterocycles. The predicted molar refractivity (Wildman–Crippen MR) is 88.5 cm³/mol. The number of nitrogens with zero attached hydrogens (tertiary/aromatic N) is 1. The van der Waals surface area contributed by atoms with Crippen LogP contribution in [0.2, 0.25) is 0 Å². The fraction of sp³-hybridized carbons (Fsp3) is 0.444. The number of rotatable bonds is 5. The average Bonchev–Trinajstić information content (AvgIpc) is 3.07. The van der Waals surface area contributed by atoms with Crippen molar-refractivity contribution in [3.63, 3.8) is 0 Å². The molecule has 0 unspecified atom stereocenters. The minimum atomic E-state index is -1.09. The second-order valence-corrected chi connectivity index (χ2v) is 5.71. The van der Waals surface area contributed by atoms with Gasteiger partial charge in [-0.3, -0.25) is 19.7 Å². The number of hydrogen-bond donors (Lipinski definition) is 1. The molecule has 0 amide bonds. The van der Waals surface area contributed by atoms with E-state index in [4.69, 9.17) is 19.5 Å². The average molecular weight is 360 g/mol. The zero-order chi connectivity index (χ0) is 19.3. The number of carbonyl (C=O) groups is 3. The Bertz CT molecular complexity index is 724. The molecule has 0 aliphatic carbocycles. The van der Waals surface area contributed by atoms with Crippen LogP contribution < -0.4 is 5.32 Å². The Balaban J connectivity index is 2.47. The molecule has 0 bridgehead atoms. The quantitative estimate of drug-likeness (QED) is 0.603. The van der Waals surface area contributed by atoms with Crippen molar-refractivity contribution in [3.05, 3.63) is 35.4 Å². The number of benzene rings is 1. The SMILES string of the molecule is CCOC(=O)[C@@H]1N[C@H](c2ccc(C#N)cc2)[C@H](C(=O)OC)[C@H]1C(=O)OC. The molecule has 1 fully saturated rings. The molecule has 0 aromatic heterocycles. The lowest BCUT2D eigenvalue weighted by Gasteiger charge is -2.21. The normalized spacial score (nSPS) is 24.4. The molecule has 1 saturated heterocycles. The first kappa shape index (κ1) is 19.4. The van der Waals surface area contributed by atoms with Crippen LogP contribution in [0, 0.1) is 23.2 Å². The first-order valence-corrected chi connectivity index (χ1v) is 8.06. The van der Waals surface area contributed by atoms with Gasteiger partial charge in [-0.1, -0.05) is 12.1 Å². The third-order valence-corrected chi connectivity index (χ3v) is 4.35. The predicted octanol–water partition coefficient (Wildman–Crippen LogP) is 0.713. The van der Waals surface area contributed by atoms with Gasteiger partial charge in [-0.25, -0.2) is 0 Å². The fourth-order valence-corrected chi connectivity index (χ4v) is 3.17. The monoisotopic (exact) mass is 360 g/mol. The molecule has 4 atom stereocenters. The Morgan fingerprint density at radius 1 is 1.04 bits per heavy atom. The van der Waals surface area contributed by atoms with Crippen molar-refractivity contribution in [1.29, 1.82) is 5.26 Å². The highest BCUT2D eigenvalue weighted by Crippen LogP contribution is 2.39. The topological polar surface area (TPSA) is 115 Å². The molecule has 1 aliphatic heterocycles. The molecule has 2 rings (SSSR count).